The molecule has 17 heavy (non-hydrogen) atoms. The molecule has 0 saturated carbocycles. The highest BCUT2D eigenvalue weighted by molar-refractivity contribution is 6.33. The van der Waals surface area contributed by atoms with Crippen molar-refractivity contribution in [2.45, 2.75) is 6.92 Å². The van der Waals surface area contributed by atoms with Crippen LogP contribution in [0.5, 0.6) is 0 Å². The Morgan fingerprint density at radius 2 is 2.00 bits per heavy atom. The molecule has 0 radical (unpaired) electrons. The number of rotatable bonds is 1. The Morgan fingerprint density at radius 3 is 2.82 bits per heavy atom. The molecule has 0 unspecified atom stereocenters. The maximum absolute atomic E-state index is 6.18. The van der Waals surface area contributed by atoms with Crippen molar-refractivity contribution in [2.24, 2.45) is 0 Å². The Labute approximate surface area is 103 Å². The summed E-state index contributed by atoms with van der Waals surface area (Å²) >= 11 is 6.18. The zero-order chi connectivity index (χ0) is 11.8. The highest BCUT2D eigenvalue weighted by atomic mass is 35.5. The van der Waals surface area contributed by atoms with Crippen LogP contribution < -0.4 is 0 Å². The molecule has 84 valence electrons. The summed E-state index contributed by atoms with van der Waals surface area (Å²) in [4.78, 5) is 8.39. The van der Waals surface area contributed by atoms with E-state index in [9.17, 15) is 0 Å². The SMILES string of the molecule is Cc1nc2nccc(-c3ccccc3Cl)n2n1. The van der Waals surface area contributed by atoms with Gasteiger partial charge in [-0.3, -0.25) is 0 Å². The minimum atomic E-state index is 0.583. The largest absolute Gasteiger partial charge is 0.252 e. The third kappa shape index (κ3) is 1.66. The molecule has 2 heterocycles. The molecule has 4 nitrogen and oxygen atoms in total. The molecule has 0 saturated heterocycles. The molecule has 0 aliphatic rings. The average molecular weight is 245 g/mol. The van der Waals surface area contributed by atoms with Gasteiger partial charge in [0.2, 0.25) is 0 Å². The number of halogens is 1. The van der Waals surface area contributed by atoms with Crippen LogP contribution in [0.3, 0.4) is 0 Å². The molecule has 0 fully saturated rings. The van der Waals surface area contributed by atoms with Crippen LogP contribution in [0.25, 0.3) is 17.0 Å². The highest BCUT2D eigenvalue weighted by Crippen LogP contribution is 2.26. The Kier molecular flexibility index (Phi) is 2.30. The summed E-state index contributed by atoms with van der Waals surface area (Å²) in [6.07, 6.45) is 1.71. The minimum Gasteiger partial charge on any atom is -0.220 e. The predicted octanol–water partition coefficient (Wildman–Crippen LogP) is 2.75. The van der Waals surface area contributed by atoms with Crippen molar-refractivity contribution in [1.82, 2.24) is 19.6 Å². The zero-order valence-electron chi connectivity index (χ0n) is 9.13. The van der Waals surface area contributed by atoms with E-state index in [-0.39, 0.29) is 0 Å². The summed E-state index contributed by atoms with van der Waals surface area (Å²) in [5.41, 5.74) is 1.81. The second-order valence-corrected chi connectivity index (χ2v) is 4.09. The normalized spacial score (nSPS) is 10.9. The van der Waals surface area contributed by atoms with Crippen LogP contribution in [-0.4, -0.2) is 19.6 Å². The number of nitrogens with zero attached hydrogens (tertiary/aromatic N) is 4. The topological polar surface area (TPSA) is 43.1 Å². The van der Waals surface area contributed by atoms with E-state index in [1.54, 1.807) is 10.7 Å². The van der Waals surface area contributed by atoms with E-state index in [1.807, 2.05) is 37.3 Å². The Bertz CT molecular complexity index is 690. The summed E-state index contributed by atoms with van der Waals surface area (Å²) in [6.45, 7) is 1.84. The molecule has 1 aromatic carbocycles. The molecule has 0 aliphatic heterocycles. The first-order valence-corrected chi connectivity index (χ1v) is 5.57. The summed E-state index contributed by atoms with van der Waals surface area (Å²) in [7, 11) is 0. The fourth-order valence-corrected chi connectivity index (χ4v) is 2.00. The first-order valence-electron chi connectivity index (χ1n) is 5.19. The molecule has 0 spiro atoms. The van der Waals surface area contributed by atoms with E-state index in [2.05, 4.69) is 15.1 Å². The maximum atomic E-state index is 6.18. The molecule has 0 bridgehead atoms. The summed E-state index contributed by atoms with van der Waals surface area (Å²) in [5, 5.41) is 5.00. The number of benzene rings is 1. The quantitative estimate of drug-likeness (QED) is 0.661. The summed E-state index contributed by atoms with van der Waals surface area (Å²) in [5.74, 6) is 1.27. The van der Waals surface area contributed by atoms with E-state index in [0.29, 0.717) is 16.6 Å². The van der Waals surface area contributed by atoms with Gasteiger partial charge in [0.15, 0.2) is 0 Å². The second-order valence-electron chi connectivity index (χ2n) is 3.68. The van der Waals surface area contributed by atoms with Gasteiger partial charge in [0.25, 0.3) is 5.78 Å². The maximum Gasteiger partial charge on any atom is 0.252 e. The van der Waals surface area contributed by atoms with E-state index in [4.69, 9.17) is 11.6 Å². The lowest BCUT2D eigenvalue weighted by atomic mass is 10.1. The van der Waals surface area contributed by atoms with Crippen molar-refractivity contribution in [3.63, 3.8) is 0 Å². The lowest BCUT2D eigenvalue weighted by Gasteiger charge is -2.05. The average Bonchev–Trinajstić information content (AvgIpc) is 2.70. The molecule has 0 amide bonds. The standard InChI is InChI=1S/C12H9ClN4/c1-8-15-12-14-7-6-11(17(12)16-8)9-4-2-3-5-10(9)13/h2-7H,1H3. The van der Waals surface area contributed by atoms with Crippen LogP contribution in [0.4, 0.5) is 0 Å². The first-order chi connectivity index (χ1) is 8.25. The lowest BCUT2D eigenvalue weighted by molar-refractivity contribution is 0.924. The van der Waals surface area contributed by atoms with Crippen molar-refractivity contribution in [2.75, 3.05) is 0 Å². The Balaban J connectivity index is 2.34. The molecule has 3 aromatic rings. The molecule has 2 aromatic heterocycles. The van der Waals surface area contributed by atoms with Crippen molar-refractivity contribution in [3.8, 4) is 11.3 Å². The molecule has 0 atom stereocenters. The van der Waals surface area contributed by atoms with Gasteiger partial charge in [-0.1, -0.05) is 29.8 Å². The summed E-state index contributed by atoms with van der Waals surface area (Å²) < 4.78 is 1.70. The number of hydrogen-bond donors (Lipinski definition) is 0. The van der Waals surface area contributed by atoms with Crippen LogP contribution in [0.1, 0.15) is 5.82 Å². The smallest absolute Gasteiger partial charge is 0.220 e. The van der Waals surface area contributed by atoms with Gasteiger partial charge in [-0.25, -0.2) is 4.98 Å². The third-order valence-electron chi connectivity index (χ3n) is 2.50. The van der Waals surface area contributed by atoms with Crippen molar-refractivity contribution >= 4 is 17.4 Å². The third-order valence-corrected chi connectivity index (χ3v) is 2.83. The minimum absolute atomic E-state index is 0.583. The van der Waals surface area contributed by atoms with Crippen LogP contribution in [0.2, 0.25) is 5.02 Å². The second kappa shape index (κ2) is 3.82. The molecule has 0 N–H and O–H groups in total. The van der Waals surface area contributed by atoms with Gasteiger partial charge in [0, 0.05) is 16.8 Å². The van der Waals surface area contributed by atoms with Crippen molar-refractivity contribution < 1.29 is 0 Å². The fraction of sp³-hybridized carbons (Fsp3) is 0.0833. The van der Waals surface area contributed by atoms with Crippen molar-refractivity contribution in [3.05, 3.63) is 47.4 Å². The Hall–Kier alpha value is -1.94. The highest BCUT2D eigenvalue weighted by Gasteiger charge is 2.09. The van der Waals surface area contributed by atoms with Crippen LogP contribution in [0, 0.1) is 6.92 Å². The molecular weight excluding hydrogens is 236 g/mol. The number of aromatic nitrogens is 4. The van der Waals surface area contributed by atoms with E-state index >= 15 is 0 Å². The van der Waals surface area contributed by atoms with Crippen molar-refractivity contribution in [1.29, 1.82) is 0 Å². The van der Waals surface area contributed by atoms with Crippen LogP contribution >= 0.6 is 11.6 Å². The lowest BCUT2D eigenvalue weighted by Crippen LogP contribution is -1.96. The number of hydrogen-bond acceptors (Lipinski definition) is 3. The van der Waals surface area contributed by atoms with E-state index in [1.165, 1.54) is 0 Å². The zero-order valence-corrected chi connectivity index (χ0v) is 9.89. The van der Waals surface area contributed by atoms with Gasteiger partial charge >= 0.3 is 0 Å². The molecule has 3 rings (SSSR count). The van der Waals surface area contributed by atoms with E-state index in [0.717, 1.165) is 11.3 Å². The van der Waals surface area contributed by atoms with Gasteiger partial charge in [0.05, 0.1) is 5.69 Å². The predicted molar refractivity (Wildman–Crippen MR) is 66.0 cm³/mol. The number of fused-ring (bicyclic) bond motifs is 1. The van der Waals surface area contributed by atoms with Gasteiger partial charge < -0.3 is 0 Å². The Morgan fingerprint density at radius 1 is 1.18 bits per heavy atom. The fourth-order valence-electron chi connectivity index (χ4n) is 1.77. The van der Waals surface area contributed by atoms with Gasteiger partial charge in [0.1, 0.15) is 5.82 Å². The molecular formula is C12H9ClN4. The van der Waals surface area contributed by atoms with Crippen LogP contribution in [-0.2, 0) is 0 Å². The van der Waals surface area contributed by atoms with E-state index < -0.39 is 0 Å². The first kappa shape index (κ1) is 10.2. The van der Waals surface area contributed by atoms with Gasteiger partial charge in [-0.2, -0.15) is 9.50 Å². The van der Waals surface area contributed by atoms with Gasteiger partial charge in [-0.05, 0) is 19.1 Å². The number of aryl methyl sites for hydroxylation is 1. The molecule has 5 heteroatoms. The monoisotopic (exact) mass is 244 g/mol. The molecule has 0 aliphatic carbocycles. The summed E-state index contributed by atoms with van der Waals surface area (Å²) in [6, 6.07) is 9.53. The van der Waals surface area contributed by atoms with Crippen LogP contribution in [0.15, 0.2) is 36.5 Å². The van der Waals surface area contributed by atoms with Gasteiger partial charge in [-0.15, -0.1) is 5.10 Å².